The standard InChI is InChI=1S/C17H24N6O/c1-3-13(4-2)17(24)20-11-10-19-15-7-8-16(23-22-15)21-14-6-5-9-18-12-14/h5-9,12-13H,3-4,10-11H2,1-2H3,(H,19,22)(H,20,24)(H,21,23). The first-order chi connectivity index (χ1) is 11.7. The molecule has 0 aliphatic carbocycles. The van der Waals surface area contributed by atoms with Gasteiger partial charge in [-0.05, 0) is 37.1 Å². The van der Waals surface area contributed by atoms with Gasteiger partial charge in [0.25, 0.3) is 0 Å². The van der Waals surface area contributed by atoms with Gasteiger partial charge in [-0.3, -0.25) is 9.78 Å². The second kappa shape index (κ2) is 9.44. The van der Waals surface area contributed by atoms with E-state index in [0.717, 1.165) is 18.5 Å². The smallest absolute Gasteiger partial charge is 0.223 e. The number of aromatic nitrogens is 3. The maximum Gasteiger partial charge on any atom is 0.223 e. The van der Waals surface area contributed by atoms with Crippen LogP contribution >= 0.6 is 0 Å². The molecule has 1 amide bonds. The summed E-state index contributed by atoms with van der Waals surface area (Å²) in [5.41, 5.74) is 0.858. The first-order valence-electron chi connectivity index (χ1n) is 8.25. The summed E-state index contributed by atoms with van der Waals surface area (Å²) in [5.74, 6) is 1.53. The molecule has 0 fully saturated rings. The lowest BCUT2D eigenvalue weighted by Gasteiger charge is -2.13. The number of nitrogens with zero attached hydrogens (tertiary/aromatic N) is 3. The van der Waals surface area contributed by atoms with Crippen molar-refractivity contribution in [2.45, 2.75) is 26.7 Å². The molecule has 128 valence electrons. The van der Waals surface area contributed by atoms with Gasteiger partial charge >= 0.3 is 0 Å². The molecular weight excluding hydrogens is 304 g/mol. The highest BCUT2D eigenvalue weighted by Crippen LogP contribution is 2.12. The number of hydrogen-bond donors (Lipinski definition) is 3. The molecule has 0 bridgehead atoms. The Hall–Kier alpha value is -2.70. The van der Waals surface area contributed by atoms with E-state index in [1.165, 1.54) is 0 Å². The van der Waals surface area contributed by atoms with Crippen LogP contribution in [0.2, 0.25) is 0 Å². The van der Waals surface area contributed by atoms with Crippen molar-refractivity contribution in [2.24, 2.45) is 5.92 Å². The molecule has 2 aromatic heterocycles. The van der Waals surface area contributed by atoms with Gasteiger partial charge in [0.05, 0.1) is 11.9 Å². The average Bonchev–Trinajstić information content (AvgIpc) is 2.62. The fourth-order valence-corrected chi connectivity index (χ4v) is 2.26. The van der Waals surface area contributed by atoms with Crippen molar-refractivity contribution < 1.29 is 4.79 Å². The molecule has 2 heterocycles. The summed E-state index contributed by atoms with van der Waals surface area (Å²) < 4.78 is 0. The van der Waals surface area contributed by atoms with Gasteiger partial charge < -0.3 is 16.0 Å². The molecule has 0 unspecified atom stereocenters. The van der Waals surface area contributed by atoms with E-state index in [0.29, 0.717) is 24.7 Å². The average molecular weight is 328 g/mol. The Morgan fingerprint density at radius 2 is 1.83 bits per heavy atom. The second-order valence-corrected chi connectivity index (χ2v) is 5.40. The summed E-state index contributed by atoms with van der Waals surface area (Å²) in [6.45, 7) is 5.23. The summed E-state index contributed by atoms with van der Waals surface area (Å²) in [5, 5.41) is 17.4. The third kappa shape index (κ3) is 5.49. The van der Waals surface area contributed by atoms with E-state index in [-0.39, 0.29) is 11.8 Å². The van der Waals surface area contributed by atoms with Crippen molar-refractivity contribution >= 4 is 23.2 Å². The molecule has 0 spiro atoms. The van der Waals surface area contributed by atoms with Crippen molar-refractivity contribution in [1.29, 1.82) is 0 Å². The van der Waals surface area contributed by atoms with Crippen LogP contribution in [0.4, 0.5) is 17.3 Å². The van der Waals surface area contributed by atoms with E-state index in [2.05, 4.69) is 31.1 Å². The highest BCUT2D eigenvalue weighted by molar-refractivity contribution is 5.78. The molecule has 2 rings (SSSR count). The van der Waals surface area contributed by atoms with Crippen LogP contribution in [0.25, 0.3) is 0 Å². The van der Waals surface area contributed by atoms with Gasteiger partial charge in [-0.2, -0.15) is 0 Å². The first-order valence-corrected chi connectivity index (χ1v) is 8.25. The second-order valence-electron chi connectivity index (χ2n) is 5.40. The number of hydrogen-bond acceptors (Lipinski definition) is 6. The van der Waals surface area contributed by atoms with E-state index in [4.69, 9.17) is 0 Å². The maximum atomic E-state index is 11.9. The summed E-state index contributed by atoms with van der Waals surface area (Å²) in [6, 6.07) is 7.44. The number of rotatable bonds is 9. The molecule has 24 heavy (non-hydrogen) atoms. The Morgan fingerprint density at radius 3 is 2.46 bits per heavy atom. The molecular formula is C17H24N6O. The summed E-state index contributed by atoms with van der Waals surface area (Å²) in [6.07, 6.45) is 5.17. The Balaban J connectivity index is 1.73. The van der Waals surface area contributed by atoms with E-state index in [1.54, 1.807) is 12.4 Å². The zero-order valence-electron chi connectivity index (χ0n) is 14.1. The fraction of sp³-hybridized carbons (Fsp3) is 0.412. The van der Waals surface area contributed by atoms with Crippen LogP contribution in [0, 0.1) is 5.92 Å². The SMILES string of the molecule is CCC(CC)C(=O)NCCNc1ccc(Nc2cccnc2)nn1. The van der Waals surface area contributed by atoms with Gasteiger partial charge in [-0.1, -0.05) is 13.8 Å². The number of nitrogens with one attached hydrogen (secondary N) is 3. The van der Waals surface area contributed by atoms with E-state index >= 15 is 0 Å². The van der Waals surface area contributed by atoms with Crippen LogP contribution in [-0.2, 0) is 4.79 Å². The van der Waals surface area contributed by atoms with Crippen LogP contribution in [0.5, 0.6) is 0 Å². The Bertz CT molecular complexity index is 613. The highest BCUT2D eigenvalue weighted by Gasteiger charge is 2.12. The quantitative estimate of drug-likeness (QED) is 0.613. The molecule has 0 aromatic carbocycles. The normalized spacial score (nSPS) is 10.5. The molecule has 0 atom stereocenters. The molecule has 0 saturated heterocycles. The van der Waals surface area contributed by atoms with Gasteiger partial charge in [0.1, 0.15) is 5.82 Å². The predicted octanol–water partition coefficient (Wildman–Crippen LogP) is 2.58. The molecule has 7 nitrogen and oxygen atoms in total. The number of anilines is 3. The van der Waals surface area contributed by atoms with Crippen molar-refractivity contribution in [3.63, 3.8) is 0 Å². The predicted molar refractivity (Wildman–Crippen MR) is 95.1 cm³/mol. The van der Waals surface area contributed by atoms with Gasteiger partial charge in [0.15, 0.2) is 5.82 Å². The van der Waals surface area contributed by atoms with Crippen LogP contribution in [-0.4, -0.2) is 34.2 Å². The van der Waals surface area contributed by atoms with E-state index < -0.39 is 0 Å². The van der Waals surface area contributed by atoms with Gasteiger partial charge in [0, 0.05) is 25.2 Å². The van der Waals surface area contributed by atoms with Crippen molar-refractivity contribution in [2.75, 3.05) is 23.7 Å². The lowest BCUT2D eigenvalue weighted by Crippen LogP contribution is -2.33. The summed E-state index contributed by atoms with van der Waals surface area (Å²) >= 11 is 0. The molecule has 0 aliphatic heterocycles. The molecule has 7 heteroatoms. The Morgan fingerprint density at radius 1 is 1.08 bits per heavy atom. The third-order valence-electron chi connectivity index (χ3n) is 3.69. The zero-order chi connectivity index (χ0) is 17.2. The topological polar surface area (TPSA) is 91.8 Å². The molecule has 0 radical (unpaired) electrons. The monoisotopic (exact) mass is 328 g/mol. The largest absolute Gasteiger partial charge is 0.367 e. The Kier molecular flexibility index (Phi) is 6.94. The van der Waals surface area contributed by atoms with Crippen LogP contribution in [0.3, 0.4) is 0 Å². The molecule has 0 saturated carbocycles. The lowest BCUT2D eigenvalue weighted by atomic mass is 10.0. The first kappa shape index (κ1) is 17.7. The van der Waals surface area contributed by atoms with Crippen molar-refractivity contribution in [3.8, 4) is 0 Å². The van der Waals surface area contributed by atoms with Crippen molar-refractivity contribution in [1.82, 2.24) is 20.5 Å². The van der Waals surface area contributed by atoms with Crippen molar-refractivity contribution in [3.05, 3.63) is 36.7 Å². The van der Waals surface area contributed by atoms with Crippen LogP contribution in [0.15, 0.2) is 36.7 Å². The summed E-state index contributed by atoms with van der Waals surface area (Å²) in [4.78, 5) is 15.9. The number of amides is 1. The zero-order valence-corrected chi connectivity index (χ0v) is 14.1. The van der Waals surface area contributed by atoms with Gasteiger partial charge in [-0.25, -0.2) is 0 Å². The van der Waals surface area contributed by atoms with E-state index in [9.17, 15) is 4.79 Å². The lowest BCUT2D eigenvalue weighted by molar-refractivity contribution is -0.125. The molecule has 0 aliphatic rings. The highest BCUT2D eigenvalue weighted by atomic mass is 16.1. The molecule has 3 N–H and O–H groups in total. The van der Waals surface area contributed by atoms with Crippen LogP contribution < -0.4 is 16.0 Å². The third-order valence-corrected chi connectivity index (χ3v) is 3.69. The number of carbonyl (C=O) groups excluding carboxylic acids is 1. The minimum Gasteiger partial charge on any atom is -0.367 e. The van der Waals surface area contributed by atoms with Crippen LogP contribution in [0.1, 0.15) is 26.7 Å². The fourth-order valence-electron chi connectivity index (χ4n) is 2.26. The summed E-state index contributed by atoms with van der Waals surface area (Å²) in [7, 11) is 0. The van der Waals surface area contributed by atoms with Gasteiger partial charge in [-0.15, -0.1) is 10.2 Å². The number of carbonyl (C=O) groups is 1. The minimum absolute atomic E-state index is 0.0997. The van der Waals surface area contributed by atoms with Gasteiger partial charge in [0.2, 0.25) is 5.91 Å². The maximum absolute atomic E-state index is 11.9. The van der Waals surface area contributed by atoms with E-state index in [1.807, 2.05) is 38.1 Å². The molecule has 2 aromatic rings. The Labute approximate surface area is 142 Å². The minimum atomic E-state index is 0.0997. The number of pyridine rings is 1.